The molecule has 0 bridgehead atoms. The summed E-state index contributed by atoms with van der Waals surface area (Å²) in [5, 5.41) is 15.5. The summed E-state index contributed by atoms with van der Waals surface area (Å²) in [6.45, 7) is 0. The Morgan fingerprint density at radius 1 is 1.50 bits per heavy atom. The van der Waals surface area contributed by atoms with Crippen LogP contribution < -0.4 is 0 Å². The first-order valence-electron chi connectivity index (χ1n) is 1.74. The van der Waals surface area contributed by atoms with Gasteiger partial charge in [-0.25, -0.2) is 13.6 Å². The van der Waals surface area contributed by atoms with E-state index in [-0.39, 0.29) is 0 Å². The Bertz CT molecular complexity index is 92.5. The van der Waals surface area contributed by atoms with Gasteiger partial charge in [0.25, 0.3) is 6.43 Å². The fourth-order valence-electron chi connectivity index (χ4n) is 0.108. The van der Waals surface area contributed by atoms with Gasteiger partial charge >= 0.3 is 5.97 Å². The highest BCUT2D eigenvalue weighted by molar-refractivity contribution is 5.72. The van der Waals surface area contributed by atoms with Crippen molar-refractivity contribution >= 4 is 5.97 Å². The van der Waals surface area contributed by atoms with Gasteiger partial charge in [0.05, 0.1) is 0 Å². The summed E-state index contributed by atoms with van der Waals surface area (Å²) in [6.07, 6.45) is -5.75. The molecule has 2 N–H and O–H groups in total. The third-order valence-electron chi connectivity index (χ3n) is 0.492. The smallest absolute Gasteiger partial charge is 0.338 e. The Kier molecular flexibility index (Phi) is 2.33. The predicted molar refractivity (Wildman–Crippen MR) is 19.6 cm³/mol. The number of hydrogen-bond donors (Lipinski definition) is 2. The maximum atomic E-state index is 11.0. The zero-order valence-electron chi connectivity index (χ0n) is 3.71. The van der Waals surface area contributed by atoms with Crippen molar-refractivity contribution in [1.82, 2.24) is 0 Å². The molecule has 0 heterocycles. The number of carbonyl (C=O) groups is 1. The largest absolute Gasteiger partial charge is 0.479 e. The van der Waals surface area contributed by atoms with Gasteiger partial charge in [0, 0.05) is 0 Å². The Morgan fingerprint density at radius 2 is 1.88 bits per heavy atom. The molecule has 5 heteroatoms. The van der Waals surface area contributed by atoms with Gasteiger partial charge in [0.1, 0.15) is 0 Å². The molecule has 0 aromatic carbocycles. The summed E-state index contributed by atoms with van der Waals surface area (Å²) in [4.78, 5) is 9.41. The minimum atomic E-state index is -3.20. The summed E-state index contributed by atoms with van der Waals surface area (Å²) < 4.78 is 22.1. The van der Waals surface area contributed by atoms with E-state index in [2.05, 4.69) is 0 Å². The van der Waals surface area contributed by atoms with Crippen LogP contribution in [0.15, 0.2) is 0 Å². The van der Waals surface area contributed by atoms with Crippen LogP contribution >= 0.6 is 0 Å². The number of rotatable bonds is 2. The van der Waals surface area contributed by atoms with Crippen molar-refractivity contribution in [2.75, 3.05) is 0 Å². The number of alkyl halides is 2. The molecule has 0 rings (SSSR count). The molecule has 0 aliphatic carbocycles. The van der Waals surface area contributed by atoms with Crippen molar-refractivity contribution in [3.8, 4) is 0 Å². The van der Waals surface area contributed by atoms with E-state index in [1.165, 1.54) is 0 Å². The van der Waals surface area contributed by atoms with Gasteiger partial charge in [-0.3, -0.25) is 0 Å². The van der Waals surface area contributed by atoms with Crippen LogP contribution in [0.1, 0.15) is 0 Å². The lowest BCUT2D eigenvalue weighted by Gasteiger charge is -1.99. The molecule has 0 aliphatic heterocycles. The summed E-state index contributed by atoms with van der Waals surface area (Å²) in [5.74, 6) is -1.90. The van der Waals surface area contributed by atoms with Gasteiger partial charge in [-0.15, -0.1) is 0 Å². The third kappa shape index (κ3) is 1.83. The minimum Gasteiger partial charge on any atom is -0.479 e. The predicted octanol–water partition coefficient (Wildman–Crippen LogP) is -0.303. The van der Waals surface area contributed by atoms with Crippen LogP contribution in [-0.4, -0.2) is 28.7 Å². The number of aliphatic carboxylic acids is 1. The summed E-state index contributed by atoms with van der Waals surface area (Å²) >= 11 is 0. The molecule has 48 valence electrons. The molecule has 0 aromatic rings. The van der Waals surface area contributed by atoms with E-state index >= 15 is 0 Å². The highest BCUT2D eigenvalue weighted by Gasteiger charge is 2.23. The van der Waals surface area contributed by atoms with Crippen molar-refractivity contribution in [3.63, 3.8) is 0 Å². The van der Waals surface area contributed by atoms with Gasteiger partial charge in [0.15, 0.2) is 0 Å². The third-order valence-corrected chi connectivity index (χ3v) is 0.492. The first kappa shape index (κ1) is 7.29. The van der Waals surface area contributed by atoms with E-state index in [1.54, 1.807) is 0 Å². The number of carboxylic acids is 1. The molecule has 0 amide bonds. The molecule has 1 atom stereocenters. The van der Waals surface area contributed by atoms with Gasteiger partial charge in [-0.1, -0.05) is 0 Å². The fourth-order valence-corrected chi connectivity index (χ4v) is 0.108. The number of hydrogen-bond acceptors (Lipinski definition) is 2. The molecule has 8 heavy (non-hydrogen) atoms. The zero-order valence-corrected chi connectivity index (χ0v) is 3.71. The normalized spacial score (nSPS) is 14.0. The van der Waals surface area contributed by atoms with E-state index in [0.717, 1.165) is 0 Å². The van der Waals surface area contributed by atoms with Crippen LogP contribution in [-0.2, 0) is 4.79 Å². The Balaban J connectivity index is 3.64. The molecule has 0 saturated heterocycles. The lowest BCUT2D eigenvalue weighted by Crippen LogP contribution is -2.27. The summed E-state index contributed by atoms with van der Waals surface area (Å²) in [5.41, 5.74) is 0. The van der Waals surface area contributed by atoms with E-state index in [9.17, 15) is 13.6 Å². The number of aliphatic hydroxyl groups is 1. The fraction of sp³-hybridized carbons (Fsp3) is 0.667. The van der Waals surface area contributed by atoms with E-state index in [1.807, 2.05) is 0 Å². The van der Waals surface area contributed by atoms with Gasteiger partial charge in [-0.05, 0) is 0 Å². The molecule has 0 aromatic heterocycles. The second-order valence-corrected chi connectivity index (χ2v) is 1.12. The van der Waals surface area contributed by atoms with Gasteiger partial charge in [-0.2, -0.15) is 0 Å². The van der Waals surface area contributed by atoms with Gasteiger partial charge in [0.2, 0.25) is 6.10 Å². The molecular weight excluding hydrogens is 122 g/mol. The van der Waals surface area contributed by atoms with Crippen molar-refractivity contribution in [3.05, 3.63) is 0 Å². The molecule has 3 nitrogen and oxygen atoms in total. The maximum absolute atomic E-state index is 11.0. The van der Waals surface area contributed by atoms with Crippen LogP contribution in [0.3, 0.4) is 0 Å². The second kappa shape index (κ2) is 2.56. The molecule has 0 aliphatic rings. The second-order valence-electron chi connectivity index (χ2n) is 1.12. The van der Waals surface area contributed by atoms with Crippen molar-refractivity contribution in [2.24, 2.45) is 0 Å². The van der Waals surface area contributed by atoms with Gasteiger partial charge < -0.3 is 10.2 Å². The monoisotopic (exact) mass is 126 g/mol. The lowest BCUT2D eigenvalue weighted by atomic mass is 10.4. The van der Waals surface area contributed by atoms with Crippen molar-refractivity contribution in [2.45, 2.75) is 12.5 Å². The SMILES string of the molecule is O=C(O)[C@H](O)C(F)F. The molecule has 0 saturated carbocycles. The summed E-state index contributed by atoms with van der Waals surface area (Å²) in [6, 6.07) is 0. The van der Waals surface area contributed by atoms with Crippen LogP contribution in [0.25, 0.3) is 0 Å². The average Bonchev–Trinajstić information content (AvgIpc) is 1.64. The van der Waals surface area contributed by atoms with E-state index in [4.69, 9.17) is 10.2 Å². The topological polar surface area (TPSA) is 57.5 Å². The molecular formula is C3H4F2O3. The highest BCUT2D eigenvalue weighted by Crippen LogP contribution is 1.98. The maximum Gasteiger partial charge on any atom is 0.338 e. The molecule has 0 unspecified atom stereocenters. The molecule has 0 spiro atoms. The number of aliphatic hydroxyl groups excluding tert-OH is 1. The number of carboxylic acid groups (broad SMARTS) is 1. The minimum absolute atomic E-state index is 1.90. The van der Waals surface area contributed by atoms with Crippen LogP contribution in [0.5, 0.6) is 0 Å². The number of halogens is 2. The molecule has 0 radical (unpaired) electrons. The van der Waals surface area contributed by atoms with E-state index < -0.39 is 18.5 Å². The summed E-state index contributed by atoms with van der Waals surface area (Å²) in [7, 11) is 0. The zero-order chi connectivity index (χ0) is 6.73. The Labute approximate surface area is 43.6 Å². The van der Waals surface area contributed by atoms with Crippen molar-refractivity contribution in [1.29, 1.82) is 0 Å². The van der Waals surface area contributed by atoms with Crippen LogP contribution in [0, 0.1) is 0 Å². The van der Waals surface area contributed by atoms with Crippen molar-refractivity contribution < 1.29 is 23.8 Å². The van der Waals surface area contributed by atoms with E-state index in [0.29, 0.717) is 0 Å². The standard InChI is InChI=1S/C3H4F2O3/c4-2(5)1(6)3(7)8/h1-2,6H,(H,7,8)/t1-/m1/s1. The first-order valence-corrected chi connectivity index (χ1v) is 1.74. The van der Waals surface area contributed by atoms with Crippen LogP contribution in [0.2, 0.25) is 0 Å². The Hall–Kier alpha value is -0.710. The molecule has 0 fully saturated rings. The Morgan fingerprint density at radius 3 is 1.88 bits per heavy atom. The lowest BCUT2D eigenvalue weighted by molar-refractivity contribution is -0.154. The first-order chi connectivity index (χ1) is 3.55. The quantitative estimate of drug-likeness (QED) is 0.533. The van der Waals surface area contributed by atoms with Crippen LogP contribution in [0.4, 0.5) is 8.78 Å². The average molecular weight is 126 g/mol. The highest BCUT2D eigenvalue weighted by atomic mass is 19.3.